The molecule has 3 N–H and O–H groups in total. The summed E-state index contributed by atoms with van der Waals surface area (Å²) in [6.45, 7) is 3.94. The first-order valence-electron chi connectivity index (χ1n) is 5.90. The van der Waals surface area contributed by atoms with Crippen LogP contribution in [-0.4, -0.2) is 5.91 Å². The number of benzene rings is 2. The van der Waals surface area contributed by atoms with E-state index in [1.54, 1.807) is 12.1 Å². The summed E-state index contributed by atoms with van der Waals surface area (Å²) in [6, 6.07) is 11.1. The number of carbonyl (C=O) groups is 1. The molecule has 0 aliphatic carbocycles. The van der Waals surface area contributed by atoms with Crippen LogP contribution in [0.3, 0.4) is 0 Å². The Kier molecular flexibility index (Phi) is 3.90. The van der Waals surface area contributed by atoms with Crippen molar-refractivity contribution in [2.75, 3.05) is 11.1 Å². The third kappa shape index (κ3) is 3.35. The van der Waals surface area contributed by atoms with Gasteiger partial charge in [-0.05, 0) is 44.2 Å². The maximum absolute atomic E-state index is 12.2. The van der Waals surface area contributed by atoms with Crippen molar-refractivity contribution in [1.29, 1.82) is 0 Å². The molecule has 0 fully saturated rings. The van der Waals surface area contributed by atoms with Gasteiger partial charge in [-0.25, -0.2) is 0 Å². The first-order chi connectivity index (χ1) is 8.95. The fourth-order valence-corrected chi connectivity index (χ4v) is 2.33. The predicted octanol–water partition coefficient (Wildman–Crippen LogP) is 3.90. The maximum atomic E-state index is 12.2. The highest BCUT2D eigenvalue weighted by molar-refractivity contribution is 9.10. The van der Waals surface area contributed by atoms with Gasteiger partial charge in [-0.1, -0.05) is 33.1 Å². The van der Waals surface area contributed by atoms with Crippen molar-refractivity contribution >= 4 is 33.2 Å². The fraction of sp³-hybridized carbons (Fsp3) is 0.133. The van der Waals surface area contributed by atoms with Crippen molar-refractivity contribution in [2.45, 2.75) is 13.8 Å². The lowest BCUT2D eigenvalue weighted by Gasteiger charge is -2.09. The zero-order valence-electron chi connectivity index (χ0n) is 10.8. The first kappa shape index (κ1) is 13.6. The van der Waals surface area contributed by atoms with Crippen molar-refractivity contribution in [2.24, 2.45) is 0 Å². The number of anilines is 2. The molecule has 1 amide bonds. The molecule has 0 saturated heterocycles. The molecule has 0 aliphatic rings. The van der Waals surface area contributed by atoms with E-state index in [1.807, 2.05) is 38.1 Å². The van der Waals surface area contributed by atoms with Crippen LogP contribution in [0.25, 0.3) is 0 Å². The van der Waals surface area contributed by atoms with Crippen LogP contribution < -0.4 is 11.1 Å². The van der Waals surface area contributed by atoms with Crippen molar-refractivity contribution in [3.05, 3.63) is 57.6 Å². The van der Waals surface area contributed by atoms with Crippen LogP contribution in [0.5, 0.6) is 0 Å². The van der Waals surface area contributed by atoms with Crippen LogP contribution in [0.1, 0.15) is 21.5 Å². The molecule has 19 heavy (non-hydrogen) atoms. The van der Waals surface area contributed by atoms with Crippen molar-refractivity contribution in [3.63, 3.8) is 0 Å². The lowest BCUT2D eigenvalue weighted by Crippen LogP contribution is -2.13. The highest BCUT2D eigenvalue weighted by Crippen LogP contribution is 2.23. The number of rotatable bonds is 2. The predicted molar refractivity (Wildman–Crippen MR) is 82.4 cm³/mol. The Labute approximate surface area is 121 Å². The van der Waals surface area contributed by atoms with E-state index in [0.717, 1.165) is 15.6 Å². The molecule has 3 nitrogen and oxygen atoms in total. The number of halogens is 1. The number of hydrogen-bond donors (Lipinski definition) is 2. The standard InChI is InChI=1S/C15H15BrN2O/c1-9-5-10(2)7-11(6-9)15(19)18-14-4-3-12(16)8-13(14)17/h3-8H,17H2,1-2H3,(H,18,19). The lowest BCUT2D eigenvalue weighted by molar-refractivity contribution is 0.102. The summed E-state index contributed by atoms with van der Waals surface area (Å²) < 4.78 is 0.884. The van der Waals surface area contributed by atoms with Gasteiger partial charge >= 0.3 is 0 Å². The quantitative estimate of drug-likeness (QED) is 0.825. The van der Waals surface area contributed by atoms with E-state index >= 15 is 0 Å². The minimum Gasteiger partial charge on any atom is -0.397 e. The van der Waals surface area contributed by atoms with Crippen LogP contribution in [0.15, 0.2) is 40.9 Å². The molecular weight excluding hydrogens is 304 g/mol. The van der Waals surface area contributed by atoms with Gasteiger partial charge in [0.15, 0.2) is 0 Å². The average molecular weight is 319 g/mol. The van der Waals surface area contributed by atoms with Crippen LogP contribution in [0.4, 0.5) is 11.4 Å². The normalized spacial score (nSPS) is 10.3. The van der Waals surface area contributed by atoms with Crippen molar-refractivity contribution in [3.8, 4) is 0 Å². The maximum Gasteiger partial charge on any atom is 0.255 e. The molecule has 0 atom stereocenters. The second-order valence-electron chi connectivity index (χ2n) is 4.56. The van der Waals surface area contributed by atoms with Gasteiger partial charge in [-0.2, -0.15) is 0 Å². The number of amides is 1. The summed E-state index contributed by atoms with van der Waals surface area (Å²) in [6.07, 6.45) is 0. The largest absolute Gasteiger partial charge is 0.397 e. The third-order valence-corrected chi connectivity index (χ3v) is 3.24. The first-order valence-corrected chi connectivity index (χ1v) is 6.69. The van der Waals surface area contributed by atoms with Gasteiger partial charge in [0.05, 0.1) is 11.4 Å². The molecule has 2 aromatic rings. The lowest BCUT2D eigenvalue weighted by atomic mass is 10.1. The van der Waals surface area contributed by atoms with Crippen molar-refractivity contribution < 1.29 is 4.79 Å². The minimum atomic E-state index is -0.152. The summed E-state index contributed by atoms with van der Waals surface area (Å²) in [5, 5.41) is 2.82. The number of aryl methyl sites for hydroxylation is 2. The average Bonchev–Trinajstić information content (AvgIpc) is 2.31. The topological polar surface area (TPSA) is 55.1 Å². The molecule has 0 unspecified atom stereocenters. The van der Waals surface area contributed by atoms with Crippen LogP contribution in [-0.2, 0) is 0 Å². The zero-order chi connectivity index (χ0) is 14.0. The molecule has 0 aromatic heterocycles. The minimum absolute atomic E-state index is 0.152. The van der Waals surface area contributed by atoms with Gasteiger partial charge in [0.25, 0.3) is 5.91 Å². The summed E-state index contributed by atoms with van der Waals surface area (Å²) in [5.41, 5.74) is 9.78. The molecule has 0 radical (unpaired) electrons. The highest BCUT2D eigenvalue weighted by atomic mass is 79.9. The van der Waals surface area contributed by atoms with Gasteiger partial charge < -0.3 is 11.1 Å². The van der Waals surface area contributed by atoms with Gasteiger partial charge in [-0.3, -0.25) is 4.79 Å². The molecule has 0 spiro atoms. The second kappa shape index (κ2) is 5.45. The van der Waals surface area contributed by atoms with E-state index in [9.17, 15) is 4.79 Å². The van der Waals surface area contributed by atoms with E-state index in [-0.39, 0.29) is 5.91 Å². The fourth-order valence-electron chi connectivity index (χ4n) is 1.95. The molecule has 0 heterocycles. The van der Waals surface area contributed by atoms with Crippen LogP contribution in [0.2, 0.25) is 0 Å². The zero-order valence-corrected chi connectivity index (χ0v) is 12.4. The number of carbonyl (C=O) groups excluding carboxylic acids is 1. The Bertz CT molecular complexity index is 618. The molecule has 0 aliphatic heterocycles. The summed E-state index contributed by atoms with van der Waals surface area (Å²) in [4.78, 5) is 12.2. The Morgan fingerprint density at radius 3 is 2.32 bits per heavy atom. The highest BCUT2D eigenvalue weighted by Gasteiger charge is 2.09. The monoisotopic (exact) mass is 318 g/mol. The third-order valence-electron chi connectivity index (χ3n) is 2.75. The van der Waals surface area contributed by atoms with Crippen LogP contribution in [0, 0.1) is 13.8 Å². The van der Waals surface area contributed by atoms with Gasteiger partial charge in [0.2, 0.25) is 0 Å². The Morgan fingerprint density at radius 1 is 1.11 bits per heavy atom. The number of nitrogens with two attached hydrogens (primary N) is 1. The molecule has 4 heteroatoms. The number of nitrogens with one attached hydrogen (secondary N) is 1. The van der Waals surface area contributed by atoms with Gasteiger partial charge in [0.1, 0.15) is 0 Å². The molecule has 2 aromatic carbocycles. The van der Waals surface area contributed by atoms with E-state index in [2.05, 4.69) is 21.2 Å². The summed E-state index contributed by atoms with van der Waals surface area (Å²) >= 11 is 3.33. The molecule has 0 bridgehead atoms. The smallest absolute Gasteiger partial charge is 0.255 e. The van der Waals surface area contributed by atoms with E-state index in [0.29, 0.717) is 16.9 Å². The summed E-state index contributed by atoms with van der Waals surface area (Å²) in [7, 11) is 0. The van der Waals surface area contributed by atoms with Gasteiger partial charge in [-0.15, -0.1) is 0 Å². The van der Waals surface area contributed by atoms with E-state index < -0.39 is 0 Å². The molecule has 0 saturated carbocycles. The van der Waals surface area contributed by atoms with Crippen molar-refractivity contribution in [1.82, 2.24) is 0 Å². The Morgan fingerprint density at radius 2 is 1.74 bits per heavy atom. The number of hydrogen-bond acceptors (Lipinski definition) is 2. The molecule has 98 valence electrons. The van der Waals surface area contributed by atoms with Crippen LogP contribution >= 0.6 is 15.9 Å². The van der Waals surface area contributed by atoms with E-state index in [4.69, 9.17) is 5.73 Å². The molecular formula is C15H15BrN2O. The molecule has 2 rings (SSSR count). The van der Waals surface area contributed by atoms with E-state index in [1.165, 1.54) is 0 Å². The Balaban J connectivity index is 2.25. The summed E-state index contributed by atoms with van der Waals surface area (Å²) in [5.74, 6) is -0.152. The number of nitrogen functional groups attached to an aromatic ring is 1. The second-order valence-corrected chi connectivity index (χ2v) is 5.48. The SMILES string of the molecule is Cc1cc(C)cc(C(=O)Nc2ccc(Br)cc2N)c1. The van der Waals surface area contributed by atoms with Gasteiger partial charge in [0, 0.05) is 10.0 Å². The Hall–Kier alpha value is -1.81.